The molecule has 2 unspecified atom stereocenters. The lowest BCUT2D eigenvalue weighted by Crippen LogP contribution is -2.34. The largest absolute Gasteiger partial charge is 0.384 e. The van der Waals surface area contributed by atoms with Crippen LogP contribution in [0, 0.1) is 0 Å². The van der Waals surface area contributed by atoms with Gasteiger partial charge in [-0.3, -0.25) is 0 Å². The van der Waals surface area contributed by atoms with E-state index in [-0.39, 0.29) is 6.04 Å². The average molecular weight is 319 g/mol. The fourth-order valence-electron chi connectivity index (χ4n) is 4.13. The van der Waals surface area contributed by atoms with Crippen LogP contribution in [0.25, 0.3) is 6.08 Å². The molecular weight excluding hydrogens is 294 g/mol. The first-order valence-electron chi connectivity index (χ1n) is 9.12. The van der Waals surface area contributed by atoms with Gasteiger partial charge in [0.15, 0.2) is 0 Å². The highest BCUT2D eigenvalue weighted by Gasteiger charge is 2.35. The minimum atomic E-state index is -0.512. The zero-order valence-corrected chi connectivity index (χ0v) is 14.0. The van der Waals surface area contributed by atoms with E-state index in [1.54, 1.807) is 0 Å². The molecule has 24 heavy (non-hydrogen) atoms. The molecule has 2 N–H and O–H groups in total. The zero-order valence-electron chi connectivity index (χ0n) is 14.0. The molecule has 0 bridgehead atoms. The fraction of sp³-hybridized carbons (Fsp3) is 0.364. The minimum absolute atomic E-state index is 0.125. The van der Waals surface area contributed by atoms with Crippen LogP contribution in [0.5, 0.6) is 0 Å². The number of aliphatic hydroxyl groups excluding tert-OH is 1. The lowest BCUT2D eigenvalue weighted by atomic mass is 9.93. The van der Waals surface area contributed by atoms with Crippen LogP contribution in [0.2, 0.25) is 0 Å². The summed E-state index contributed by atoms with van der Waals surface area (Å²) in [6, 6.07) is 19.3. The Morgan fingerprint density at radius 2 is 1.50 bits per heavy atom. The summed E-state index contributed by atoms with van der Waals surface area (Å²) in [6.45, 7) is 0. The van der Waals surface area contributed by atoms with E-state index in [0.717, 1.165) is 16.7 Å². The zero-order chi connectivity index (χ0) is 16.4. The van der Waals surface area contributed by atoms with E-state index in [1.807, 2.05) is 24.3 Å². The highest BCUT2D eigenvalue weighted by Crippen LogP contribution is 2.44. The van der Waals surface area contributed by atoms with Gasteiger partial charge in [0.25, 0.3) is 0 Å². The van der Waals surface area contributed by atoms with Gasteiger partial charge in [0, 0.05) is 6.04 Å². The molecule has 2 aromatic carbocycles. The van der Waals surface area contributed by atoms with E-state index in [4.69, 9.17) is 0 Å². The summed E-state index contributed by atoms with van der Waals surface area (Å²) < 4.78 is 0. The van der Waals surface area contributed by atoms with Crippen molar-refractivity contribution in [3.63, 3.8) is 0 Å². The third-order valence-electron chi connectivity index (χ3n) is 5.39. The second kappa shape index (κ2) is 6.92. The summed E-state index contributed by atoms with van der Waals surface area (Å²) in [6.07, 6.45) is 8.11. The molecule has 1 saturated carbocycles. The van der Waals surface area contributed by atoms with Gasteiger partial charge in [0.2, 0.25) is 0 Å². The Kier molecular flexibility index (Phi) is 4.50. The molecule has 0 spiro atoms. The van der Waals surface area contributed by atoms with Gasteiger partial charge < -0.3 is 10.4 Å². The predicted octanol–water partition coefficient (Wildman–Crippen LogP) is 4.78. The predicted molar refractivity (Wildman–Crippen MR) is 98.6 cm³/mol. The maximum Gasteiger partial charge on any atom is 0.103 e. The topological polar surface area (TPSA) is 32.3 Å². The number of hydrogen-bond acceptors (Lipinski definition) is 2. The summed E-state index contributed by atoms with van der Waals surface area (Å²) in [7, 11) is 0. The van der Waals surface area contributed by atoms with Gasteiger partial charge in [-0.05, 0) is 35.1 Å². The van der Waals surface area contributed by atoms with Crippen molar-refractivity contribution in [1.29, 1.82) is 0 Å². The van der Waals surface area contributed by atoms with E-state index in [9.17, 15) is 5.11 Å². The second-order valence-corrected chi connectivity index (χ2v) is 7.02. The Bertz CT molecular complexity index is 716. The molecule has 2 nitrogen and oxygen atoms in total. The average Bonchev–Trinajstić information content (AvgIpc) is 2.90. The maximum atomic E-state index is 10.9. The van der Waals surface area contributed by atoms with Crippen LogP contribution in [0.1, 0.15) is 60.9 Å². The van der Waals surface area contributed by atoms with Gasteiger partial charge in [0.05, 0.1) is 6.04 Å². The highest BCUT2D eigenvalue weighted by molar-refractivity contribution is 5.61. The van der Waals surface area contributed by atoms with Crippen molar-refractivity contribution in [2.75, 3.05) is 0 Å². The third-order valence-corrected chi connectivity index (χ3v) is 5.39. The Balaban J connectivity index is 1.69. The quantitative estimate of drug-likeness (QED) is 0.853. The van der Waals surface area contributed by atoms with Crippen LogP contribution in [-0.2, 0) is 0 Å². The van der Waals surface area contributed by atoms with Gasteiger partial charge in [-0.1, -0.05) is 79.9 Å². The van der Waals surface area contributed by atoms with E-state index in [0.29, 0.717) is 6.04 Å². The SMILES string of the molecule is OC1C(=Cc2ccccc2)C(NC2CCCCC2)c2ccccc21. The first kappa shape index (κ1) is 15.6. The summed E-state index contributed by atoms with van der Waals surface area (Å²) in [5.74, 6) is 0. The Morgan fingerprint density at radius 1 is 0.833 bits per heavy atom. The van der Waals surface area contributed by atoms with Crippen molar-refractivity contribution in [3.8, 4) is 0 Å². The Morgan fingerprint density at radius 3 is 2.25 bits per heavy atom. The summed E-state index contributed by atoms with van der Waals surface area (Å²) in [5, 5.41) is 14.7. The summed E-state index contributed by atoms with van der Waals surface area (Å²) in [5.41, 5.74) is 4.51. The molecule has 0 saturated heterocycles. The molecule has 0 heterocycles. The first-order valence-corrected chi connectivity index (χ1v) is 9.12. The van der Waals surface area contributed by atoms with Gasteiger partial charge in [0.1, 0.15) is 6.10 Å². The summed E-state index contributed by atoms with van der Waals surface area (Å²) >= 11 is 0. The lowest BCUT2D eigenvalue weighted by molar-refractivity contribution is 0.215. The van der Waals surface area contributed by atoms with Gasteiger partial charge in [-0.25, -0.2) is 0 Å². The van der Waals surface area contributed by atoms with E-state index >= 15 is 0 Å². The number of nitrogens with one attached hydrogen (secondary N) is 1. The number of benzene rings is 2. The number of aliphatic hydroxyl groups is 1. The Labute approximate surface area is 144 Å². The molecule has 124 valence electrons. The number of fused-ring (bicyclic) bond motifs is 1. The molecule has 0 amide bonds. The van der Waals surface area contributed by atoms with Gasteiger partial charge >= 0.3 is 0 Å². The van der Waals surface area contributed by atoms with Crippen molar-refractivity contribution < 1.29 is 5.11 Å². The molecule has 0 aliphatic heterocycles. The monoisotopic (exact) mass is 319 g/mol. The molecule has 2 atom stereocenters. The maximum absolute atomic E-state index is 10.9. The number of hydrogen-bond donors (Lipinski definition) is 2. The highest BCUT2D eigenvalue weighted by atomic mass is 16.3. The second-order valence-electron chi connectivity index (χ2n) is 7.02. The molecule has 4 rings (SSSR count). The fourth-order valence-corrected chi connectivity index (χ4v) is 4.13. The third kappa shape index (κ3) is 3.04. The smallest absolute Gasteiger partial charge is 0.103 e. The van der Waals surface area contributed by atoms with Crippen LogP contribution in [0.4, 0.5) is 0 Å². The minimum Gasteiger partial charge on any atom is -0.384 e. The first-order chi connectivity index (χ1) is 11.8. The van der Waals surface area contributed by atoms with Crippen LogP contribution < -0.4 is 5.32 Å². The van der Waals surface area contributed by atoms with Crippen molar-refractivity contribution in [2.45, 2.75) is 50.3 Å². The molecular formula is C22H25NO. The summed E-state index contributed by atoms with van der Waals surface area (Å²) in [4.78, 5) is 0. The molecule has 1 fully saturated rings. The van der Waals surface area contributed by atoms with E-state index in [2.05, 4.69) is 41.7 Å². The lowest BCUT2D eigenvalue weighted by Gasteiger charge is -2.28. The molecule has 0 aromatic heterocycles. The van der Waals surface area contributed by atoms with Gasteiger partial charge in [-0.15, -0.1) is 0 Å². The molecule has 2 aliphatic rings. The van der Waals surface area contributed by atoms with Crippen molar-refractivity contribution in [1.82, 2.24) is 5.32 Å². The van der Waals surface area contributed by atoms with Crippen molar-refractivity contribution >= 4 is 6.08 Å². The van der Waals surface area contributed by atoms with Crippen molar-refractivity contribution in [3.05, 3.63) is 76.9 Å². The molecule has 2 aromatic rings. The van der Waals surface area contributed by atoms with Crippen LogP contribution in [0.15, 0.2) is 60.2 Å². The molecule has 2 aliphatic carbocycles. The number of rotatable bonds is 3. The van der Waals surface area contributed by atoms with Gasteiger partial charge in [-0.2, -0.15) is 0 Å². The molecule has 0 radical (unpaired) electrons. The van der Waals surface area contributed by atoms with Crippen LogP contribution >= 0.6 is 0 Å². The van der Waals surface area contributed by atoms with Crippen LogP contribution in [-0.4, -0.2) is 11.1 Å². The normalized spacial score (nSPS) is 25.8. The standard InChI is InChI=1S/C22H25NO/c24-22-19-14-8-7-13-18(19)21(23-17-11-5-2-6-12-17)20(22)15-16-9-3-1-4-10-16/h1,3-4,7-10,13-15,17,21-24H,2,5-6,11-12H2. The molecule has 2 heteroatoms. The van der Waals surface area contributed by atoms with E-state index in [1.165, 1.54) is 37.7 Å². The van der Waals surface area contributed by atoms with E-state index < -0.39 is 6.10 Å². The van der Waals surface area contributed by atoms with Crippen molar-refractivity contribution in [2.24, 2.45) is 0 Å². The van der Waals surface area contributed by atoms with Crippen LogP contribution in [0.3, 0.4) is 0 Å². The Hall–Kier alpha value is -1.90.